The van der Waals surface area contributed by atoms with E-state index in [1.54, 1.807) is 23.1 Å². The van der Waals surface area contributed by atoms with Crippen LogP contribution in [0.5, 0.6) is 0 Å². The fourth-order valence-electron chi connectivity index (χ4n) is 3.08. The van der Waals surface area contributed by atoms with Crippen molar-refractivity contribution < 1.29 is 13.2 Å². The molecule has 1 heterocycles. The molecule has 0 saturated heterocycles. The van der Waals surface area contributed by atoms with Gasteiger partial charge in [0.2, 0.25) is 15.9 Å². The van der Waals surface area contributed by atoms with Gasteiger partial charge in [0.1, 0.15) is 0 Å². The predicted octanol–water partition coefficient (Wildman–Crippen LogP) is 2.68. The first kappa shape index (κ1) is 17.6. The van der Waals surface area contributed by atoms with Gasteiger partial charge in [-0.05, 0) is 43.0 Å². The van der Waals surface area contributed by atoms with Crippen LogP contribution < -0.4 is 4.90 Å². The predicted molar refractivity (Wildman–Crippen MR) is 98.0 cm³/mol. The number of sulfonamides is 1. The molecule has 0 bridgehead atoms. The number of nitrogens with zero attached hydrogens (tertiary/aromatic N) is 2. The van der Waals surface area contributed by atoms with Crippen molar-refractivity contribution in [2.75, 3.05) is 25.0 Å². The van der Waals surface area contributed by atoms with Gasteiger partial charge in [-0.15, -0.1) is 0 Å². The van der Waals surface area contributed by atoms with Gasteiger partial charge in [0.25, 0.3) is 0 Å². The van der Waals surface area contributed by atoms with E-state index in [2.05, 4.69) is 0 Å². The first-order valence-electron chi connectivity index (χ1n) is 8.40. The molecule has 3 rings (SSSR count). The van der Waals surface area contributed by atoms with Crippen molar-refractivity contribution in [1.29, 1.82) is 0 Å². The zero-order valence-corrected chi connectivity index (χ0v) is 15.1. The minimum atomic E-state index is -3.67. The summed E-state index contributed by atoms with van der Waals surface area (Å²) in [5.41, 5.74) is 2.04. The van der Waals surface area contributed by atoms with Crippen molar-refractivity contribution in [1.82, 2.24) is 4.31 Å². The fourth-order valence-corrected chi connectivity index (χ4v) is 4.23. The Morgan fingerprint density at radius 3 is 2.48 bits per heavy atom. The summed E-state index contributed by atoms with van der Waals surface area (Å²) in [4.78, 5) is 14.7. The Labute approximate surface area is 148 Å². The maximum atomic E-state index is 12.8. The monoisotopic (exact) mass is 358 g/mol. The molecule has 0 atom stereocenters. The SMILES string of the molecule is CN(CC(=O)N1CCCCc2ccccc21)S(=O)(=O)c1ccccc1. The summed E-state index contributed by atoms with van der Waals surface area (Å²) in [7, 11) is -2.22. The second-order valence-electron chi connectivity index (χ2n) is 6.21. The Morgan fingerprint density at radius 2 is 1.72 bits per heavy atom. The number of anilines is 1. The lowest BCUT2D eigenvalue weighted by Crippen LogP contribution is -2.41. The molecule has 1 amide bonds. The van der Waals surface area contributed by atoms with Gasteiger partial charge >= 0.3 is 0 Å². The molecular formula is C19H22N2O3S. The van der Waals surface area contributed by atoms with E-state index in [-0.39, 0.29) is 17.3 Å². The van der Waals surface area contributed by atoms with Crippen molar-refractivity contribution in [3.8, 4) is 0 Å². The van der Waals surface area contributed by atoms with Crippen LogP contribution in [0.15, 0.2) is 59.5 Å². The Morgan fingerprint density at radius 1 is 1.04 bits per heavy atom. The second kappa shape index (κ2) is 7.37. The van der Waals surface area contributed by atoms with Crippen LogP contribution in [-0.2, 0) is 21.2 Å². The molecule has 132 valence electrons. The van der Waals surface area contributed by atoms with Gasteiger partial charge in [0.15, 0.2) is 0 Å². The smallest absolute Gasteiger partial charge is 0.243 e. The number of para-hydroxylation sites is 1. The van der Waals surface area contributed by atoms with Crippen LogP contribution in [-0.4, -0.2) is 38.8 Å². The van der Waals surface area contributed by atoms with Crippen LogP contribution >= 0.6 is 0 Å². The zero-order valence-electron chi connectivity index (χ0n) is 14.3. The highest BCUT2D eigenvalue weighted by molar-refractivity contribution is 7.89. The van der Waals surface area contributed by atoms with E-state index < -0.39 is 10.0 Å². The van der Waals surface area contributed by atoms with Gasteiger partial charge in [0.05, 0.1) is 11.4 Å². The Bertz CT molecular complexity index is 850. The highest BCUT2D eigenvalue weighted by Gasteiger charge is 2.27. The zero-order chi connectivity index (χ0) is 17.9. The molecule has 5 nitrogen and oxygen atoms in total. The molecule has 25 heavy (non-hydrogen) atoms. The number of likely N-dealkylation sites (N-methyl/N-ethyl adjacent to an activating group) is 1. The van der Waals surface area contributed by atoms with Crippen LogP contribution in [0.2, 0.25) is 0 Å². The van der Waals surface area contributed by atoms with Crippen molar-refractivity contribution in [3.05, 3.63) is 60.2 Å². The van der Waals surface area contributed by atoms with E-state index in [0.717, 1.165) is 34.8 Å². The van der Waals surface area contributed by atoms with E-state index in [1.165, 1.54) is 19.2 Å². The second-order valence-corrected chi connectivity index (χ2v) is 8.25. The van der Waals surface area contributed by atoms with Gasteiger partial charge in [-0.1, -0.05) is 36.4 Å². The molecule has 2 aromatic carbocycles. The van der Waals surface area contributed by atoms with Crippen molar-refractivity contribution in [3.63, 3.8) is 0 Å². The summed E-state index contributed by atoms with van der Waals surface area (Å²) in [6, 6.07) is 16.0. The number of aryl methyl sites for hydroxylation is 1. The van der Waals surface area contributed by atoms with Gasteiger partial charge in [-0.25, -0.2) is 8.42 Å². The fraction of sp³-hybridized carbons (Fsp3) is 0.316. The van der Waals surface area contributed by atoms with Crippen molar-refractivity contribution >= 4 is 21.6 Å². The summed E-state index contributed by atoms with van der Waals surface area (Å²) in [6.45, 7) is 0.445. The minimum Gasteiger partial charge on any atom is -0.311 e. The Balaban J connectivity index is 1.80. The standard InChI is InChI=1S/C19H22N2O3S/c1-20(25(23,24)17-11-3-2-4-12-17)15-19(22)21-14-8-7-10-16-9-5-6-13-18(16)21/h2-6,9,11-13H,7-8,10,14-15H2,1H3. The lowest BCUT2D eigenvalue weighted by atomic mass is 10.1. The van der Waals surface area contributed by atoms with Crippen molar-refractivity contribution in [2.45, 2.75) is 24.2 Å². The molecule has 0 N–H and O–H groups in total. The Kier molecular flexibility index (Phi) is 5.20. The molecule has 1 aliphatic rings. The number of amides is 1. The molecule has 1 aliphatic heterocycles. The molecule has 2 aromatic rings. The Hall–Kier alpha value is -2.18. The minimum absolute atomic E-state index is 0.175. The first-order valence-corrected chi connectivity index (χ1v) is 9.84. The van der Waals surface area contributed by atoms with Crippen LogP contribution in [0.25, 0.3) is 0 Å². The third kappa shape index (κ3) is 3.75. The topological polar surface area (TPSA) is 57.7 Å². The molecule has 0 spiro atoms. The highest BCUT2D eigenvalue weighted by Crippen LogP contribution is 2.26. The van der Waals surface area contributed by atoms with Crippen LogP contribution in [0.3, 0.4) is 0 Å². The highest BCUT2D eigenvalue weighted by atomic mass is 32.2. The van der Waals surface area contributed by atoms with E-state index in [4.69, 9.17) is 0 Å². The molecule has 6 heteroatoms. The summed E-state index contributed by atoms with van der Waals surface area (Å²) >= 11 is 0. The number of rotatable bonds is 4. The third-order valence-electron chi connectivity index (χ3n) is 4.47. The van der Waals surface area contributed by atoms with Crippen molar-refractivity contribution in [2.24, 2.45) is 0 Å². The van der Waals surface area contributed by atoms with Crippen LogP contribution in [0, 0.1) is 0 Å². The first-order chi connectivity index (χ1) is 12.0. The number of hydrogen-bond acceptors (Lipinski definition) is 3. The van der Waals surface area contributed by atoms with E-state index in [1.807, 2.05) is 24.3 Å². The molecule has 0 fully saturated rings. The summed E-state index contributed by atoms with van der Waals surface area (Å²) in [5, 5.41) is 0. The van der Waals surface area contributed by atoms with Crippen LogP contribution in [0.1, 0.15) is 18.4 Å². The molecule has 0 aliphatic carbocycles. The number of carbonyl (C=O) groups excluding carboxylic acids is 1. The normalized spacial score (nSPS) is 14.9. The molecule has 0 saturated carbocycles. The average Bonchev–Trinajstić information content (AvgIpc) is 2.85. The quantitative estimate of drug-likeness (QED) is 0.844. The maximum absolute atomic E-state index is 12.8. The summed E-state index contributed by atoms with van der Waals surface area (Å²) in [6.07, 6.45) is 2.88. The summed E-state index contributed by atoms with van der Waals surface area (Å²) in [5.74, 6) is -0.198. The van der Waals surface area contributed by atoms with E-state index in [0.29, 0.717) is 6.54 Å². The maximum Gasteiger partial charge on any atom is 0.243 e. The lowest BCUT2D eigenvalue weighted by Gasteiger charge is -2.25. The number of fused-ring (bicyclic) bond motifs is 1. The van der Waals surface area contributed by atoms with Gasteiger partial charge < -0.3 is 4.90 Å². The third-order valence-corrected chi connectivity index (χ3v) is 6.29. The van der Waals surface area contributed by atoms with Gasteiger partial charge in [-0.3, -0.25) is 4.79 Å². The molecule has 0 radical (unpaired) electrons. The molecule has 0 aromatic heterocycles. The number of benzene rings is 2. The lowest BCUT2D eigenvalue weighted by molar-refractivity contribution is -0.118. The number of hydrogen-bond donors (Lipinski definition) is 0. The van der Waals surface area contributed by atoms with Gasteiger partial charge in [-0.2, -0.15) is 4.31 Å². The molecular weight excluding hydrogens is 336 g/mol. The van der Waals surface area contributed by atoms with Gasteiger partial charge in [0, 0.05) is 19.3 Å². The number of carbonyl (C=O) groups is 1. The van der Waals surface area contributed by atoms with E-state index in [9.17, 15) is 13.2 Å². The largest absolute Gasteiger partial charge is 0.311 e. The van der Waals surface area contributed by atoms with Crippen LogP contribution in [0.4, 0.5) is 5.69 Å². The van der Waals surface area contributed by atoms with E-state index >= 15 is 0 Å². The molecule has 0 unspecified atom stereocenters. The average molecular weight is 358 g/mol. The summed E-state index contributed by atoms with van der Waals surface area (Å²) < 4.78 is 26.4.